The lowest BCUT2D eigenvalue weighted by atomic mass is 10.0. The second kappa shape index (κ2) is 9.37. The summed E-state index contributed by atoms with van der Waals surface area (Å²) in [6.07, 6.45) is 3.62. The number of rotatable bonds is 5. The van der Waals surface area contributed by atoms with Crippen molar-refractivity contribution in [3.05, 3.63) is 47.7 Å². The minimum absolute atomic E-state index is 0.179. The zero-order chi connectivity index (χ0) is 18.2. The van der Waals surface area contributed by atoms with Gasteiger partial charge in [-0.25, -0.2) is 0 Å². The summed E-state index contributed by atoms with van der Waals surface area (Å²) in [4.78, 5) is 16.5. The first-order chi connectivity index (χ1) is 12.8. The number of likely N-dealkylation sites (tertiary alicyclic amines) is 1. The predicted octanol–water partition coefficient (Wildman–Crippen LogP) is 1.51. The molecule has 0 aromatic heterocycles. The molecule has 2 fully saturated rings. The van der Waals surface area contributed by atoms with Gasteiger partial charge in [0.15, 0.2) is 0 Å². The third-order valence-electron chi connectivity index (χ3n) is 4.95. The number of hydrogen-bond acceptors (Lipinski definition) is 5. The molecule has 2 heterocycles. The maximum absolute atomic E-state index is 12.4. The van der Waals surface area contributed by atoms with Gasteiger partial charge in [-0.2, -0.15) is 5.26 Å². The van der Waals surface area contributed by atoms with Crippen LogP contribution in [0.15, 0.2) is 42.1 Å². The lowest BCUT2D eigenvalue weighted by molar-refractivity contribution is -0.130. The molecule has 0 aliphatic carbocycles. The SMILES string of the molecule is N#C/C(=C/NC1CCN(Cc2ccccc2)CC1)C(=O)N1CCOCC1. The minimum Gasteiger partial charge on any atom is -0.387 e. The van der Waals surface area contributed by atoms with E-state index in [4.69, 9.17) is 4.74 Å². The van der Waals surface area contributed by atoms with Crippen molar-refractivity contribution < 1.29 is 9.53 Å². The van der Waals surface area contributed by atoms with Crippen molar-refractivity contribution in [1.82, 2.24) is 15.1 Å². The lowest BCUT2D eigenvalue weighted by Gasteiger charge is -2.32. The number of nitrogens with one attached hydrogen (secondary N) is 1. The Labute approximate surface area is 155 Å². The van der Waals surface area contributed by atoms with Gasteiger partial charge in [0.05, 0.1) is 13.2 Å². The Morgan fingerprint density at radius 1 is 1.19 bits per heavy atom. The monoisotopic (exact) mass is 354 g/mol. The van der Waals surface area contributed by atoms with E-state index in [9.17, 15) is 10.1 Å². The third-order valence-corrected chi connectivity index (χ3v) is 4.95. The highest BCUT2D eigenvalue weighted by Gasteiger charge is 2.22. The molecule has 0 radical (unpaired) electrons. The van der Waals surface area contributed by atoms with Gasteiger partial charge in [0.25, 0.3) is 5.91 Å². The van der Waals surface area contributed by atoms with Crippen LogP contribution in [0.4, 0.5) is 0 Å². The summed E-state index contributed by atoms with van der Waals surface area (Å²) in [6.45, 7) is 5.18. The van der Waals surface area contributed by atoms with Crippen LogP contribution in [0.5, 0.6) is 0 Å². The minimum atomic E-state index is -0.204. The number of carbonyl (C=O) groups excluding carboxylic acids is 1. The average molecular weight is 354 g/mol. The second-order valence-corrected chi connectivity index (χ2v) is 6.78. The molecule has 1 amide bonds. The smallest absolute Gasteiger partial charge is 0.266 e. The van der Waals surface area contributed by atoms with E-state index in [0.29, 0.717) is 32.3 Å². The summed E-state index contributed by atoms with van der Waals surface area (Å²) in [5, 5.41) is 12.6. The quantitative estimate of drug-likeness (QED) is 0.641. The van der Waals surface area contributed by atoms with E-state index < -0.39 is 0 Å². The summed E-state index contributed by atoms with van der Waals surface area (Å²) < 4.78 is 5.25. The van der Waals surface area contributed by atoms with E-state index >= 15 is 0 Å². The molecular weight excluding hydrogens is 328 g/mol. The summed E-state index contributed by atoms with van der Waals surface area (Å²) >= 11 is 0. The molecule has 0 bridgehead atoms. The Bertz CT molecular complexity index is 654. The predicted molar refractivity (Wildman–Crippen MR) is 99.0 cm³/mol. The van der Waals surface area contributed by atoms with Gasteiger partial charge in [-0.15, -0.1) is 0 Å². The number of nitrogens with zero attached hydrogens (tertiary/aromatic N) is 3. The van der Waals surface area contributed by atoms with Gasteiger partial charge in [-0.1, -0.05) is 30.3 Å². The van der Waals surface area contributed by atoms with Gasteiger partial charge in [-0.05, 0) is 18.4 Å². The van der Waals surface area contributed by atoms with Crippen molar-refractivity contribution in [3.8, 4) is 6.07 Å². The Hall–Kier alpha value is -2.36. The van der Waals surface area contributed by atoms with Crippen LogP contribution in [0.3, 0.4) is 0 Å². The molecule has 2 aliphatic rings. The van der Waals surface area contributed by atoms with Crippen molar-refractivity contribution in [1.29, 1.82) is 5.26 Å². The number of morpholine rings is 1. The highest BCUT2D eigenvalue weighted by atomic mass is 16.5. The fourth-order valence-corrected chi connectivity index (χ4v) is 3.38. The van der Waals surface area contributed by atoms with Crippen molar-refractivity contribution in [2.24, 2.45) is 0 Å². The topological polar surface area (TPSA) is 68.6 Å². The van der Waals surface area contributed by atoms with E-state index in [-0.39, 0.29) is 11.5 Å². The Morgan fingerprint density at radius 2 is 1.88 bits per heavy atom. The second-order valence-electron chi connectivity index (χ2n) is 6.78. The molecule has 0 atom stereocenters. The van der Waals surface area contributed by atoms with Crippen LogP contribution in [-0.4, -0.2) is 61.1 Å². The molecule has 2 saturated heterocycles. The van der Waals surface area contributed by atoms with Crippen molar-refractivity contribution in [3.63, 3.8) is 0 Å². The van der Waals surface area contributed by atoms with Crippen molar-refractivity contribution in [2.75, 3.05) is 39.4 Å². The van der Waals surface area contributed by atoms with Crippen LogP contribution in [0.25, 0.3) is 0 Å². The van der Waals surface area contributed by atoms with Crippen LogP contribution >= 0.6 is 0 Å². The van der Waals surface area contributed by atoms with Crippen LogP contribution in [0.1, 0.15) is 18.4 Å². The number of amides is 1. The summed E-state index contributed by atoms with van der Waals surface area (Å²) in [5.74, 6) is -0.204. The van der Waals surface area contributed by atoms with Gasteiger partial charge >= 0.3 is 0 Å². The standard InChI is InChI=1S/C20H26N4O2/c21-14-18(20(25)24-10-12-26-13-11-24)15-22-19-6-8-23(9-7-19)16-17-4-2-1-3-5-17/h1-5,15,19,22H,6-13,16H2/b18-15-. The van der Waals surface area contributed by atoms with Gasteiger partial charge in [0.2, 0.25) is 0 Å². The van der Waals surface area contributed by atoms with Gasteiger partial charge in [-0.3, -0.25) is 9.69 Å². The number of hydrogen-bond donors (Lipinski definition) is 1. The summed E-state index contributed by atoms with van der Waals surface area (Å²) in [5.41, 5.74) is 1.51. The van der Waals surface area contributed by atoms with E-state index in [1.807, 2.05) is 12.1 Å². The highest BCUT2D eigenvalue weighted by Crippen LogP contribution is 2.14. The van der Waals surface area contributed by atoms with E-state index in [1.165, 1.54) is 5.56 Å². The zero-order valence-electron chi connectivity index (χ0n) is 15.1. The number of piperidine rings is 1. The zero-order valence-corrected chi connectivity index (χ0v) is 15.1. The highest BCUT2D eigenvalue weighted by molar-refractivity contribution is 5.97. The van der Waals surface area contributed by atoms with Crippen LogP contribution in [-0.2, 0) is 16.1 Å². The Kier molecular flexibility index (Phi) is 6.64. The van der Waals surface area contributed by atoms with Gasteiger partial charge in [0.1, 0.15) is 11.6 Å². The molecule has 1 N–H and O–H groups in total. The van der Waals surface area contributed by atoms with Crippen molar-refractivity contribution in [2.45, 2.75) is 25.4 Å². The lowest BCUT2D eigenvalue weighted by Crippen LogP contribution is -2.42. The molecule has 3 rings (SSSR count). The summed E-state index contributed by atoms with van der Waals surface area (Å²) in [7, 11) is 0. The number of carbonyl (C=O) groups is 1. The molecular formula is C20H26N4O2. The average Bonchev–Trinajstić information content (AvgIpc) is 2.71. The largest absolute Gasteiger partial charge is 0.387 e. The molecule has 6 nitrogen and oxygen atoms in total. The van der Waals surface area contributed by atoms with Crippen LogP contribution in [0, 0.1) is 11.3 Å². The Balaban J connectivity index is 1.46. The van der Waals surface area contributed by atoms with E-state index in [0.717, 1.165) is 32.5 Å². The maximum Gasteiger partial charge on any atom is 0.266 e. The first-order valence-corrected chi connectivity index (χ1v) is 9.26. The molecule has 6 heteroatoms. The maximum atomic E-state index is 12.4. The number of benzene rings is 1. The molecule has 0 unspecified atom stereocenters. The van der Waals surface area contributed by atoms with Gasteiger partial charge < -0.3 is 15.0 Å². The molecule has 0 saturated carbocycles. The fraction of sp³-hybridized carbons (Fsp3) is 0.500. The van der Waals surface area contributed by atoms with Crippen LogP contribution in [0.2, 0.25) is 0 Å². The van der Waals surface area contributed by atoms with Gasteiger partial charge in [0, 0.05) is 45.0 Å². The van der Waals surface area contributed by atoms with E-state index in [1.54, 1.807) is 11.1 Å². The van der Waals surface area contributed by atoms with Crippen molar-refractivity contribution >= 4 is 5.91 Å². The molecule has 138 valence electrons. The number of ether oxygens (including phenoxy) is 1. The molecule has 26 heavy (non-hydrogen) atoms. The first-order valence-electron chi connectivity index (χ1n) is 9.26. The number of nitriles is 1. The molecule has 1 aromatic carbocycles. The third kappa shape index (κ3) is 5.07. The fourth-order valence-electron chi connectivity index (χ4n) is 3.38. The Morgan fingerprint density at radius 3 is 2.54 bits per heavy atom. The molecule has 0 spiro atoms. The molecule has 1 aromatic rings. The summed E-state index contributed by atoms with van der Waals surface area (Å²) in [6, 6.07) is 12.8. The van der Waals surface area contributed by atoms with E-state index in [2.05, 4.69) is 34.5 Å². The first kappa shape index (κ1) is 18.4. The van der Waals surface area contributed by atoms with Crippen LogP contribution < -0.4 is 5.32 Å². The normalized spacial score (nSPS) is 19.8. The molecule has 2 aliphatic heterocycles.